The number of nitrogens with zero attached hydrogens (tertiary/aromatic N) is 1. The molecule has 0 aliphatic heterocycles. The Labute approximate surface area is 130 Å². The molecule has 1 N–H and O–H groups in total. The standard InChI is InChI=1S/C13H8Br2FNO3/c14-8-4-10(15)12(18)17(6-8)5-7-1-2-9(13(19)20)11(16)3-7/h1-4,6H,5H2,(H,19,20). The summed E-state index contributed by atoms with van der Waals surface area (Å²) in [5.41, 5.74) is -0.146. The molecule has 0 atom stereocenters. The number of carboxylic acid groups (broad SMARTS) is 1. The Morgan fingerprint density at radius 2 is 2.00 bits per heavy atom. The van der Waals surface area contributed by atoms with E-state index in [1.54, 1.807) is 12.3 Å². The average molecular weight is 405 g/mol. The van der Waals surface area contributed by atoms with Crippen molar-refractivity contribution in [2.45, 2.75) is 6.54 Å². The van der Waals surface area contributed by atoms with Crippen molar-refractivity contribution < 1.29 is 14.3 Å². The van der Waals surface area contributed by atoms with Crippen LogP contribution in [0, 0.1) is 5.82 Å². The quantitative estimate of drug-likeness (QED) is 0.854. The van der Waals surface area contributed by atoms with Gasteiger partial charge in [0.05, 0.1) is 16.6 Å². The molecule has 20 heavy (non-hydrogen) atoms. The number of hydrogen-bond donors (Lipinski definition) is 1. The summed E-state index contributed by atoms with van der Waals surface area (Å²) < 4.78 is 16.1. The largest absolute Gasteiger partial charge is 0.478 e. The molecule has 0 unspecified atom stereocenters. The van der Waals surface area contributed by atoms with Crippen LogP contribution in [0.3, 0.4) is 0 Å². The van der Waals surface area contributed by atoms with Gasteiger partial charge in [0.15, 0.2) is 0 Å². The van der Waals surface area contributed by atoms with Crippen LogP contribution in [0.1, 0.15) is 15.9 Å². The number of rotatable bonds is 3. The van der Waals surface area contributed by atoms with Crippen LogP contribution in [0.5, 0.6) is 0 Å². The molecule has 4 nitrogen and oxygen atoms in total. The van der Waals surface area contributed by atoms with Gasteiger partial charge >= 0.3 is 5.97 Å². The lowest BCUT2D eigenvalue weighted by molar-refractivity contribution is 0.0692. The van der Waals surface area contributed by atoms with Gasteiger partial charge in [-0.1, -0.05) is 6.07 Å². The molecule has 0 saturated heterocycles. The minimum atomic E-state index is -1.32. The molecular formula is C13H8Br2FNO3. The second kappa shape index (κ2) is 5.88. The lowest BCUT2D eigenvalue weighted by Crippen LogP contribution is -2.20. The topological polar surface area (TPSA) is 59.3 Å². The summed E-state index contributed by atoms with van der Waals surface area (Å²) in [5, 5.41) is 8.76. The number of pyridine rings is 1. The van der Waals surface area contributed by atoms with Gasteiger partial charge in [0.25, 0.3) is 5.56 Å². The van der Waals surface area contributed by atoms with E-state index in [1.807, 2.05) is 0 Å². The van der Waals surface area contributed by atoms with Gasteiger partial charge in [0.2, 0.25) is 0 Å². The first kappa shape index (κ1) is 14.9. The van der Waals surface area contributed by atoms with Gasteiger partial charge < -0.3 is 9.67 Å². The van der Waals surface area contributed by atoms with E-state index >= 15 is 0 Å². The summed E-state index contributed by atoms with van der Waals surface area (Å²) in [6.07, 6.45) is 1.58. The summed E-state index contributed by atoms with van der Waals surface area (Å²) in [6.45, 7) is 0.147. The molecule has 2 rings (SSSR count). The molecule has 1 aromatic heterocycles. The van der Waals surface area contributed by atoms with Crippen LogP contribution in [0.2, 0.25) is 0 Å². The van der Waals surface area contributed by atoms with E-state index in [9.17, 15) is 14.0 Å². The van der Waals surface area contributed by atoms with Crippen LogP contribution in [-0.2, 0) is 6.54 Å². The van der Waals surface area contributed by atoms with Crippen LogP contribution in [0.15, 0.2) is 44.2 Å². The molecular weight excluding hydrogens is 397 g/mol. The zero-order valence-electron chi connectivity index (χ0n) is 9.94. The van der Waals surface area contributed by atoms with Crippen molar-refractivity contribution in [3.05, 3.63) is 66.7 Å². The highest BCUT2D eigenvalue weighted by molar-refractivity contribution is 9.11. The number of benzene rings is 1. The number of aromatic nitrogens is 1. The Morgan fingerprint density at radius 1 is 1.30 bits per heavy atom. The molecule has 2 aromatic rings. The van der Waals surface area contributed by atoms with Crippen molar-refractivity contribution in [3.63, 3.8) is 0 Å². The van der Waals surface area contributed by atoms with Crippen LogP contribution in [0.4, 0.5) is 4.39 Å². The van der Waals surface area contributed by atoms with E-state index < -0.39 is 17.3 Å². The molecule has 104 valence electrons. The summed E-state index contributed by atoms with van der Waals surface area (Å²) in [6, 6.07) is 5.40. The Kier molecular flexibility index (Phi) is 4.39. The summed E-state index contributed by atoms with van der Waals surface area (Å²) in [7, 11) is 0. The average Bonchev–Trinajstić information content (AvgIpc) is 2.35. The predicted octanol–water partition coefficient (Wildman–Crippen LogP) is 3.26. The molecule has 0 spiro atoms. The van der Waals surface area contributed by atoms with Gasteiger partial charge in [-0.2, -0.15) is 0 Å². The SMILES string of the molecule is O=C(O)c1ccc(Cn2cc(Br)cc(Br)c2=O)cc1F. The number of hydrogen-bond acceptors (Lipinski definition) is 2. The second-order valence-corrected chi connectivity index (χ2v) is 5.83. The highest BCUT2D eigenvalue weighted by Crippen LogP contribution is 2.15. The number of carboxylic acids is 1. The Bertz CT molecular complexity index is 743. The molecule has 1 heterocycles. The molecule has 0 saturated carbocycles. The summed E-state index contributed by atoms with van der Waals surface area (Å²) in [5.74, 6) is -2.14. The first-order valence-corrected chi connectivity index (χ1v) is 7.04. The predicted molar refractivity (Wildman–Crippen MR) is 78.6 cm³/mol. The molecule has 0 radical (unpaired) electrons. The van der Waals surface area contributed by atoms with Crippen molar-refractivity contribution in [1.29, 1.82) is 0 Å². The normalized spacial score (nSPS) is 10.6. The minimum absolute atomic E-state index is 0.147. The van der Waals surface area contributed by atoms with Crippen LogP contribution in [-0.4, -0.2) is 15.6 Å². The second-order valence-electron chi connectivity index (χ2n) is 4.06. The fraction of sp³-hybridized carbons (Fsp3) is 0.0769. The number of aromatic carboxylic acids is 1. The van der Waals surface area contributed by atoms with Gasteiger partial charge in [0.1, 0.15) is 5.82 Å². The fourth-order valence-corrected chi connectivity index (χ4v) is 2.97. The van der Waals surface area contributed by atoms with Gasteiger partial charge in [0, 0.05) is 10.7 Å². The van der Waals surface area contributed by atoms with Crippen LogP contribution >= 0.6 is 31.9 Å². The highest BCUT2D eigenvalue weighted by Gasteiger charge is 2.11. The van der Waals surface area contributed by atoms with Crippen molar-refractivity contribution >= 4 is 37.8 Å². The molecule has 0 aliphatic carbocycles. The van der Waals surface area contributed by atoms with E-state index in [4.69, 9.17) is 5.11 Å². The van der Waals surface area contributed by atoms with Gasteiger partial charge in [-0.3, -0.25) is 4.79 Å². The Morgan fingerprint density at radius 3 is 2.60 bits per heavy atom. The minimum Gasteiger partial charge on any atom is -0.478 e. The van der Waals surface area contributed by atoms with Gasteiger partial charge in [-0.05, 0) is 55.6 Å². The highest BCUT2D eigenvalue weighted by atomic mass is 79.9. The zero-order valence-corrected chi connectivity index (χ0v) is 13.1. The van der Waals surface area contributed by atoms with E-state index in [1.165, 1.54) is 16.7 Å². The maximum atomic E-state index is 13.6. The maximum absolute atomic E-state index is 13.6. The Hall–Kier alpha value is -1.47. The third-order valence-corrected chi connectivity index (χ3v) is 3.63. The first-order chi connectivity index (χ1) is 9.38. The molecule has 7 heteroatoms. The van der Waals surface area contributed by atoms with E-state index in [0.717, 1.165) is 6.07 Å². The van der Waals surface area contributed by atoms with E-state index in [2.05, 4.69) is 31.9 Å². The number of carbonyl (C=O) groups is 1. The van der Waals surface area contributed by atoms with E-state index in [0.29, 0.717) is 14.5 Å². The van der Waals surface area contributed by atoms with Gasteiger partial charge in [-0.15, -0.1) is 0 Å². The van der Waals surface area contributed by atoms with Crippen molar-refractivity contribution in [1.82, 2.24) is 4.57 Å². The van der Waals surface area contributed by atoms with Crippen molar-refractivity contribution in [3.8, 4) is 0 Å². The molecule has 0 amide bonds. The van der Waals surface area contributed by atoms with Gasteiger partial charge in [-0.25, -0.2) is 9.18 Å². The Balaban J connectivity index is 2.38. The third-order valence-electron chi connectivity index (χ3n) is 2.63. The van der Waals surface area contributed by atoms with Crippen molar-refractivity contribution in [2.75, 3.05) is 0 Å². The molecule has 0 aliphatic rings. The van der Waals surface area contributed by atoms with Crippen molar-refractivity contribution in [2.24, 2.45) is 0 Å². The smallest absolute Gasteiger partial charge is 0.338 e. The fourth-order valence-electron chi connectivity index (χ4n) is 1.71. The number of halogens is 3. The van der Waals surface area contributed by atoms with E-state index in [-0.39, 0.29) is 12.1 Å². The summed E-state index contributed by atoms with van der Waals surface area (Å²) >= 11 is 6.40. The maximum Gasteiger partial charge on any atom is 0.338 e. The monoisotopic (exact) mass is 403 g/mol. The summed E-state index contributed by atoms with van der Waals surface area (Å²) in [4.78, 5) is 22.6. The zero-order chi connectivity index (χ0) is 14.9. The lowest BCUT2D eigenvalue weighted by atomic mass is 10.1. The molecule has 1 aromatic carbocycles. The first-order valence-electron chi connectivity index (χ1n) is 5.45. The lowest BCUT2D eigenvalue weighted by Gasteiger charge is -2.08. The van der Waals surface area contributed by atoms with Crippen LogP contribution in [0.25, 0.3) is 0 Å². The third kappa shape index (κ3) is 3.16. The molecule has 0 bridgehead atoms. The molecule has 0 fully saturated rings. The van der Waals surface area contributed by atoms with Crippen LogP contribution < -0.4 is 5.56 Å².